The van der Waals surface area contributed by atoms with E-state index in [1.54, 1.807) is 6.07 Å². The summed E-state index contributed by atoms with van der Waals surface area (Å²) < 4.78 is 5.92. The number of nitrogens with one attached hydrogen (secondary N) is 1. The average Bonchev–Trinajstić information content (AvgIpc) is 3.09. The van der Waals surface area contributed by atoms with E-state index in [9.17, 15) is 5.11 Å². The molecule has 0 bridgehead atoms. The van der Waals surface area contributed by atoms with Gasteiger partial charge in [-0.3, -0.25) is 0 Å². The summed E-state index contributed by atoms with van der Waals surface area (Å²) >= 11 is 0. The van der Waals surface area contributed by atoms with Gasteiger partial charge in [0.05, 0.1) is 0 Å². The number of hydrogen-bond acceptors (Lipinski definition) is 5. The molecule has 0 saturated heterocycles. The fourth-order valence-electron chi connectivity index (χ4n) is 2.57. The minimum atomic E-state index is 0.168. The van der Waals surface area contributed by atoms with Crippen molar-refractivity contribution in [3.8, 4) is 11.5 Å². The molecule has 0 atom stereocenters. The number of aromatic nitrogens is 4. The highest BCUT2D eigenvalue weighted by Crippen LogP contribution is 2.29. The number of benzene rings is 2. The Morgan fingerprint density at radius 1 is 1.25 bits per heavy atom. The molecule has 3 aromatic rings. The number of phenols is 1. The third-order valence-corrected chi connectivity index (χ3v) is 3.68. The van der Waals surface area contributed by atoms with Gasteiger partial charge in [-0.1, -0.05) is 37.6 Å². The van der Waals surface area contributed by atoms with Gasteiger partial charge in [-0.15, -0.1) is 5.10 Å². The first kappa shape index (κ1) is 16.0. The van der Waals surface area contributed by atoms with Crippen LogP contribution in [0, 0.1) is 6.07 Å². The summed E-state index contributed by atoms with van der Waals surface area (Å²) in [7, 11) is 0. The van der Waals surface area contributed by atoms with Gasteiger partial charge in [0.2, 0.25) is 0 Å². The predicted molar refractivity (Wildman–Crippen MR) is 88.7 cm³/mol. The van der Waals surface area contributed by atoms with Crippen molar-refractivity contribution in [2.75, 3.05) is 0 Å². The molecule has 0 unspecified atom stereocenters. The number of H-pyrrole nitrogens is 1. The van der Waals surface area contributed by atoms with Crippen molar-refractivity contribution in [1.82, 2.24) is 20.6 Å². The van der Waals surface area contributed by atoms with Crippen molar-refractivity contribution < 1.29 is 9.84 Å². The average molecular weight is 323 g/mol. The van der Waals surface area contributed by atoms with Crippen LogP contribution in [0.25, 0.3) is 0 Å². The van der Waals surface area contributed by atoms with Gasteiger partial charge < -0.3 is 9.84 Å². The molecule has 1 radical (unpaired) electrons. The highest BCUT2D eigenvalue weighted by atomic mass is 16.5. The summed E-state index contributed by atoms with van der Waals surface area (Å²) in [5, 5.41) is 23.8. The molecule has 6 heteroatoms. The third-order valence-electron chi connectivity index (χ3n) is 3.68. The fraction of sp³-hybridized carbons (Fsp3) is 0.278. The Balaban J connectivity index is 1.70. The molecular formula is C18H19N4O2. The van der Waals surface area contributed by atoms with E-state index in [2.05, 4.69) is 39.7 Å². The number of nitrogens with zero attached hydrogens (tertiary/aromatic N) is 3. The minimum Gasteiger partial charge on any atom is -0.507 e. The molecule has 6 nitrogen and oxygen atoms in total. The first-order valence-corrected chi connectivity index (χ1v) is 7.92. The van der Waals surface area contributed by atoms with E-state index in [1.807, 2.05) is 24.3 Å². The number of tetrazole rings is 1. The zero-order valence-corrected chi connectivity index (χ0v) is 13.5. The highest BCUT2D eigenvalue weighted by molar-refractivity contribution is 5.43. The molecule has 1 heterocycles. The summed E-state index contributed by atoms with van der Waals surface area (Å²) in [6.07, 6.45) is 2.34. The summed E-state index contributed by atoms with van der Waals surface area (Å²) in [5.74, 6) is 1.60. The summed E-state index contributed by atoms with van der Waals surface area (Å²) in [4.78, 5) is 0. The molecule has 0 saturated carbocycles. The maximum atomic E-state index is 9.95. The number of rotatable bonds is 7. The molecule has 24 heavy (non-hydrogen) atoms. The van der Waals surface area contributed by atoms with Gasteiger partial charge in [-0.2, -0.15) is 0 Å². The van der Waals surface area contributed by atoms with Crippen LogP contribution in [0.15, 0.2) is 36.4 Å². The van der Waals surface area contributed by atoms with E-state index in [1.165, 1.54) is 0 Å². The Kier molecular flexibility index (Phi) is 5.05. The molecule has 0 aliphatic rings. The smallest absolute Gasteiger partial charge is 0.152 e. The fourth-order valence-corrected chi connectivity index (χ4v) is 2.57. The van der Waals surface area contributed by atoms with Crippen LogP contribution in [0.5, 0.6) is 11.5 Å². The molecule has 2 N–H and O–H groups in total. The normalized spacial score (nSPS) is 10.7. The van der Waals surface area contributed by atoms with Crippen molar-refractivity contribution in [2.45, 2.75) is 32.8 Å². The third kappa shape index (κ3) is 3.90. The maximum Gasteiger partial charge on any atom is 0.152 e. The van der Waals surface area contributed by atoms with Crippen molar-refractivity contribution in [3.05, 3.63) is 65.0 Å². The van der Waals surface area contributed by atoms with Crippen LogP contribution in [0.3, 0.4) is 0 Å². The Hall–Kier alpha value is -2.89. The van der Waals surface area contributed by atoms with Crippen molar-refractivity contribution in [1.29, 1.82) is 0 Å². The quantitative estimate of drug-likeness (QED) is 0.698. The Bertz CT molecular complexity index is 787. The largest absolute Gasteiger partial charge is 0.507 e. The second kappa shape index (κ2) is 7.59. The standard InChI is InChI=1S/C18H19N4O2/c1-2-5-15-16(23)8-4-9-17(15)24-12-14-7-3-6-13(10-14)11-18-19-21-22-20-18/h3-4,6-7,9-10,23H,2,5,11-12H2,1H3,(H,19,20,21,22). The monoisotopic (exact) mass is 323 g/mol. The van der Waals surface area contributed by atoms with Gasteiger partial charge in [0, 0.05) is 18.1 Å². The number of hydrogen-bond donors (Lipinski definition) is 2. The van der Waals surface area contributed by atoms with E-state index in [4.69, 9.17) is 4.74 Å². The second-order valence-corrected chi connectivity index (χ2v) is 5.55. The van der Waals surface area contributed by atoms with Crippen molar-refractivity contribution in [3.63, 3.8) is 0 Å². The predicted octanol–water partition coefficient (Wildman–Crippen LogP) is 2.83. The molecule has 1 aromatic heterocycles. The minimum absolute atomic E-state index is 0.168. The van der Waals surface area contributed by atoms with Gasteiger partial charge in [-0.25, -0.2) is 5.10 Å². The lowest BCUT2D eigenvalue weighted by molar-refractivity contribution is 0.300. The molecule has 0 spiro atoms. The van der Waals surface area contributed by atoms with E-state index in [-0.39, 0.29) is 5.75 Å². The van der Waals surface area contributed by atoms with Gasteiger partial charge in [0.15, 0.2) is 5.82 Å². The molecule has 0 aliphatic heterocycles. The van der Waals surface area contributed by atoms with Crippen molar-refractivity contribution in [2.24, 2.45) is 0 Å². The van der Waals surface area contributed by atoms with E-state index in [0.717, 1.165) is 35.4 Å². The molecular weight excluding hydrogens is 304 g/mol. The van der Waals surface area contributed by atoms with Gasteiger partial charge >= 0.3 is 0 Å². The van der Waals surface area contributed by atoms with Crippen LogP contribution < -0.4 is 4.74 Å². The number of aromatic hydroxyl groups is 1. The van der Waals surface area contributed by atoms with Crippen molar-refractivity contribution >= 4 is 0 Å². The van der Waals surface area contributed by atoms with Crippen LogP contribution >= 0.6 is 0 Å². The summed E-state index contributed by atoms with van der Waals surface area (Å²) in [6, 6.07) is 14.4. The molecule has 3 rings (SSSR count). The number of ether oxygens (including phenoxy) is 1. The maximum absolute atomic E-state index is 9.95. The second-order valence-electron chi connectivity index (χ2n) is 5.55. The van der Waals surface area contributed by atoms with Gasteiger partial charge in [0.1, 0.15) is 18.1 Å². The Morgan fingerprint density at radius 2 is 2.12 bits per heavy atom. The SMILES string of the molecule is CCCc1c(O)[c]ccc1OCc1cccc(Cc2nnn[nH]2)c1. The lowest BCUT2D eigenvalue weighted by atomic mass is 10.1. The Morgan fingerprint density at radius 3 is 2.92 bits per heavy atom. The van der Waals surface area contributed by atoms with Crippen LogP contribution in [0.2, 0.25) is 0 Å². The van der Waals surface area contributed by atoms with Gasteiger partial charge in [0.25, 0.3) is 0 Å². The van der Waals surface area contributed by atoms with E-state index >= 15 is 0 Å². The molecule has 0 fully saturated rings. The lowest BCUT2D eigenvalue weighted by Crippen LogP contribution is -2.00. The lowest BCUT2D eigenvalue weighted by Gasteiger charge is -2.12. The zero-order chi connectivity index (χ0) is 16.8. The molecule has 2 aromatic carbocycles. The van der Waals surface area contributed by atoms with E-state index < -0.39 is 0 Å². The van der Waals surface area contributed by atoms with E-state index in [0.29, 0.717) is 18.8 Å². The van der Waals surface area contributed by atoms with Gasteiger partial charge in [-0.05, 0) is 40.1 Å². The van der Waals surface area contributed by atoms with Crippen LogP contribution in [-0.2, 0) is 19.4 Å². The van der Waals surface area contributed by atoms with Crippen LogP contribution in [0.4, 0.5) is 0 Å². The summed E-state index contributed by atoms with van der Waals surface area (Å²) in [5.41, 5.74) is 2.96. The van der Waals surface area contributed by atoms with Crippen LogP contribution in [-0.4, -0.2) is 25.7 Å². The summed E-state index contributed by atoms with van der Waals surface area (Å²) in [6.45, 7) is 2.50. The Labute approximate surface area is 140 Å². The van der Waals surface area contributed by atoms with Crippen LogP contribution in [0.1, 0.15) is 35.9 Å². The molecule has 0 amide bonds. The molecule has 123 valence electrons. The number of phenolic OH excluding ortho intramolecular Hbond substituents is 1. The topological polar surface area (TPSA) is 83.9 Å². The molecule has 0 aliphatic carbocycles. The number of aromatic amines is 1. The first-order valence-electron chi connectivity index (χ1n) is 7.92. The zero-order valence-electron chi connectivity index (χ0n) is 13.5. The highest BCUT2D eigenvalue weighted by Gasteiger charge is 2.09. The first-order chi connectivity index (χ1) is 11.8.